The molecule has 0 unspecified atom stereocenters. The van der Waals surface area contributed by atoms with Gasteiger partial charge in [0.05, 0.1) is 24.7 Å². The molecule has 0 bridgehead atoms. The summed E-state index contributed by atoms with van der Waals surface area (Å²) < 4.78 is 18.5. The van der Waals surface area contributed by atoms with Crippen molar-refractivity contribution < 1.29 is 9.30 Å². The highest BCUT2D eigenvalue weighted by molar-refractivity contribution is 7.70. The van der Waals surface area contributed by atoms with E-state index in [0.29, 0.717) is 28.4 Å². The van der Waals surface area contributed by atoms with E-state index >= 15 is 0 Å². The summed E-state index contributed by atoms with van der Waals surface area (Å²) in [5.74, 6) is 2.10. The predicted molar refractivity (Wildman–Crippen MR) is 146 cm³/mol. The van der Waals surface area contributed by atoms with Gasteiger partial charge in [-0.3, -0.25) is 0 Å². The van der Waals surface area contributed by atoms with Gasteiger partial charge in [0.15, 0.2) is 5.82 Å². The molecule has 0 atom stereocenters. The Morgan fingerprint density at radius 3 is 2.51 bits per heavy atom. The highest BCUT2D eigenvalue weighted by Gasteiger charge is 2.22. The molecule has 9 heteroatoms. The minimum absolute atomic E-state index is 0.369. The van der Waals surface area contributed by atoms with Gasteiger partial charge in [-0.05, 0) is 94.5 Å². The molecule has 186 valence electrons. The molecular formula is C26H33ClN5O2P. The van der Waals surface area contributed by atoms with Crippen LogP contribution in [0.3, 0.4) is 0 Å². The number of nitrogens with zero attached hydrogens (tertiary/aromatic N) is 3. The number of anilines is 4. The van der Waals surface area contributed by atoms with Gasteiger partial charge in [0.2, 0.25) is 5.95 Å². The van der Waals surface area contributed by atoms with Crippen molar-refractivity contribution in [2.24, 2.45) is 0 Å². The van der Waals surface area contributed by atoms with Crippen molar-refractivity contribution in [3.05, 3.63) is 58.7 Å². The zero-order valence-corrected chi connectivity index (χ0v) is 22.6. The summed E-state index contributed by atoms with van der Waals surface area (Å²) >= 11 is 6.40. The summed E-state index contributed by atoms with van der Waals surface area (Å²) in [7, 11) is 1.35. The summed E-state index contributed by atoms with van der Waals surface area (Å²) in [6.45, 7) is 7.83. The van der Waals surface area contributed by atoms with Crippen molar-refractivity contribution in [2.45, 2.75) is 25.7 Å². The van der Waals surface area contributed by atoms with Gasteiger partial charge in [0.1, 0.15) is 17.9 Å². The van der Waals surface area contributed by atoms with Gasteiger partial charge in [-0.2, -0.15) is 4.98 Å². The molecule has 2 N–H and O–H groups in total. The zero-order chi connectivity index (χ0) is 25.2. The molecule has 1 aliphatic heterocycles. The van der Waals surface area contributed by atoms with E-state index in [4.69, 9.17) is 16.3 Å². The first-order valence-corrected chi connectivity index (χ1v) is 14.7. The van der Waals surface area contributed by atoms with E-state index < -0.39 is 7.14 Å². The molecule has 1 saturated heterocycles. The highest BCUT2D eigenvalue weighted by atomic mass is 35.5. The largest absolute Gasteiger partial charge is 0.495 e. The van der Waals surface area contributed by atoms with Gasteiger partial charge in [0, 0.05) is 5.30 Å². The Labute approximate surface area is 212 Å². The highest BCUT2D eigenvalue weighted by Crippen LogP contribution is 2.39. The summed E-state index contributed by atoms with van der Waals surface area (Å²) in [5.41, 5.74) is 4.05. The molecule has 4 rings (SSSR count). The van der Waals surface area contributed by atoms with E-state index in [9.17, 15) is 4.57 Å². The van der Waals surface area contributed by atoms with Crippen LogP contribution in [0.5, 0.6) is 5.75 Å². The van der Waals surface area contributed by atoms with Gasteiger partial charge >= 0.3 is 0 Å². The van der Waals surface area contributed by atoms with Crippen molar-refractivity contribution in [1.29, 1.82) is 0 Å². The lowest BCUT2D eigenvalue weighted by Crippen LogP contribution is -2.29. The number of rotatable bonds is 7. The van der Waals surface area contributed by atoms with Crippen LogP contribution in [0.4, 0.5) is 23.1 Å². The number of ether oxygens (including phenoxy) is 1. The van der Waals surface area contributed by atoms with Crippen LogP contribution >= 0.6 is 18.7 Å². The topological polar surface area (TPSA) is 79.4 Å². The van der Waals surface area contributed by atoms with Gasteiger partial charge in [-0.25, -0.2) is 4.98 Å². The van der Waals surface area contributed by atoms with E-state index in [-0.39, 0.29) is 0 Å². The number of nitrogens with one attached hydrogen (secondary N) is 2. The maximum atomic E-state index is 12.7. The molecule has 1 aromatic heterocycles. The lowest BCUT2D eigenvalue weighted by molar-refractivity contribution is 0.255. The van der Waals surface area contributed by atoms with Crippen LogP contribution < -0.4 is 20.7 Å². The minimum atomic E-state index is -2.49. The third-order valence-electron chi connectivity index (χ3n) is 6.47. The van der Waals surface area contributed by atoms with Crippen LogP contribution in [-0.4, -0.2) is 55.4 Å². The minimum Gasteiger partial charge on any atom is -0.495 e. The number of benzene rings is 2. The second-order valence-corrected chi connectivity index (χ2v) is 13.1. The Balaban J connectivity index is 1.60. The van der Waals surface area contributed by atoms with Crippen LogP contribution in [0.1, 0.15) is 29.9 Å². The Bertz CT molecular complexity index is 1250. The van der Waals surface area contributed by atoms with E-state index in [2.05, 4.69) is 51.6 Å². The smallest absolute Gasteiger partial charge is 0.229 e. The summed E-state index contributed by atoms with van der Waals surface area (Å²) in [6.07, 6.45) is 3.84. The monoisotopic (exact) mass is 513 g/mol. The fraction of sp³-hybridized carbons (Fsp3) is 0.385. The first-order valence-electron chi connectivity index (χ1n) is 11.7. The third kappa shape index (κ3) is 5.97. The maximum Gasteiger partial charge on any atom is 0.229 e. The fourth-order valence-corrected chi connectivity index (χ4v) is 5.84. The van der Waals surface area contributed by atoms with Crippen LogP contribution in [0.15, 0.2) is 42.6 Å². The Kier molecular flexibility index (Phi) is 7.70. The number of methoxy groups -OCH3 is 1. The number of hydrogen-bond acceptors (Lipinski definition) is 7. The van der Waals surface area contributed by atoms with Crippen molar-refractivity contribution in [3.8, 4) is 5.75 Å². The molecule has 2 heterocycles. The molecule has 0 spiro atoms. The molecule has 0 radical (unpaired) electrons. The molecule has 1 fully saturated rings. The van der Waals surface area contributed by atoms with Gasteiger partial charge in [-0.1, -0.05) is 23.7 Å². The Morgan fingerprint density at radius 2 is 1.83 bits per heavy atom. The van der Waals surface area contributed by atoms with Crippen molar-refractivity contribution >= 4 is 47.2 Å². The lowest BCUT2D eigenvalue weighted by atomic mass is 9.86. The number of hydrogen-bond donors (Lipinski definition) is 2. The van der Waals surface area contributed by atoms with Crippen LogP contribution in [0.25, 0.3) is 0 Å². The van der Waals surface area contributed by atoms with E-state index in [1.807, 2.05) is 24.3 Å². The number of aromatic nitrogens is 2. The Hall–Kier alpha value is -2.60. The molecule has 1 aliphatic rings. The zero-order valence-electron chi connectivity index (χ0n) is 20.9. The maximum absolute atomic E-state index is 12.7. The standard InChI is InChI=1S/C26H33ClN5O2P/c1-17-14-22(23(34-3)15-19(17)18-10-12-32(2)13-11-18)30-26-28-16-20(27)25(31-26)29-21-8-6-7-9-24(21)35(4,5)33/h6-9,14-16,18H,10-13H2,1-5H3,(H2,28,29,30,31). The van der Waals surface area contributed by atoms with Crippen molar-refractivity contribution in [2.75, 3.05) is 51.2 Å². The number of piperidine rings is 1. The van der Waals surface area contributed by atoms with Gasteiger partial charge in [0.25, 0.3) is 0 Å². The summed E-state index contributed by atoms with van der Waals surface area (Å²) in [5, 5.41) is 7.64. The first-order chi connectivity index (χ1) is 16.7. The average molecular weight is 514 g/mol. The number of likely N-dealkylation sites (tertiary alicyclic amines) is 1. The Morgan fingerprint density at radius 1 is 1.11 bits per heavy atom. The number of aryl methyl sites for hydroxylation is 1. The second kappa shape index (κ2) is 10.6. The van der Waals surface area contributed by atoms with E-state index in [1.165, 1.54) is 11.1 Å². The molecule has 7 nitrogen and oxygen atoms in total. The molecule has 0 saturated carbocycles. The van der Waals surface area contributed by atoms with E-state index in [1.54, 1.807) is 26.6 Å². The van der Waals surface area contributed by atoms with Crippen molar-refractivity contribution in [3.63, 3.8) is 0 Å². The molecule has 0 aliphatic carbocycles. The van der Waals surface area contributed by atoms with Gasteiger partial charge < -0.3 is 24.8 Å². The lowest BCUT2D eigenvalue weighted by Gasteiger charge is -2.30. The fourth-order valence-electron chi connectivity index (χ4n) is 4.54. The average Bonchev–Trinajstić information content (AvgIpc) is 2.82. The predicted octanol–water partition coefficient (Wildman–Crippen LogP) is 5.99. The normalized spacial score (nSPS) is 15.1. The molecule has 35 heavy (non-hydrogen) atoms. The summed E-state index contributed by atoms with van der Waals surface area (Å²) in [6, 6.07) is 11.7. The van der Waals surface area contributed by atoms with Crippen LogP contribution in [0, 0.1) is 6.92 Å². The third-order valence-corrected chi connectivity index (χ3v) is 8.30. The second-order valence-electron chi connectivity index (χ2n) is 9.49. The number of para-hydroxylation sites is 1. The van der Waals surface area contributed by atoms with Gasteiger partial charge in [-0.15, -0.1) is 0 Å². The van der Waals surface area contributed by atoms with Crippen molar-refractivity contribution in [1.82, 2.24) is 14.9 Å². The number of halogens is 1. The van der Waals surface area contributed by atoms with Crippen LogP contribution in [0.2, 0.25) is 5.02 Å². The first kappa shape index (κ1) is 25.5. The molecule has 0 amide bonds. The molecular weight excluding hydrogens is 481 g/mol. The quantitative estimate of drug-likeness (QED) is 0.375. The molecule has 3 aromatic rings. The van der Waals surface area contributed by atoms with E-state index in [0.717, 1.165) is 42.7 Å². The van der Waals surface area contributed by atoms with Crippen LogP contribution in [-0.2, 0) is 4.57 Å². The molecule has 2 aromatic carbocycles. The SMILES string of the molecule is COc1cc(C2CCN(C)CC2)c(C)cc1Nc1ncc(Cl)c(Nc2ccccc2P(C)(C)=O)n1. The summed E-state index contributed by atoms with van der Waals surface area (Å²) in [4.78, 5) is 11.3.